The van der Waals surface area contributed by atoms with E-state index in [0.717, 1.165) is 42.9 Å². The molecule has 0 atom stereocenters. The molecule has 1 aromatic rings. The van der Waals surface area contributed by atoms with Crippen molar-refractivity contribution in [1.82, 2.24) is 5.32 Å². The molecule has 0 aromatic heterocycles. The van der Waals surface area contributed by atoms with Gasteiger partial charge >= 0.3 is 0 Å². The number of nitriles is 1. The topological polar surface area (TPSA) is 48.3 Å². The zero-order chi connectivity index (χ0) is 15.0. The normalized spacial score (nSPS) is 10.6. The predicted molar refractivity (Wildman–Crippen MR) is 82.9 cm³/mol. The number of hydrogen-bond acceptors (Lipinski definition) is 4. The van der Waals surface area contributed by atoms with Gasteiger partial charge in [0.15, 0.2) is 0 Å². The Morgan fingerprint density at radius 2 is 2.15 bits per heavy atom. The molecule has 0 amide bonds. The van der Waals surface area contributed by atoms with Gasteiger partial charge < -0.3 is 15.0 Å². The highest BCUT2D eigenvalue weighted by Crippen LogP contribution is 2.20. The van der Waals surface area contributed by atoms with Gasteiger partial charge in [-0.1, -0.05) is 19.9 Å². The molecular formula is C16H25N3O. The van der Waals surface area contributed by atoms with Gasteiger partial charge in [-0.15, -0.1) is 0 Å². The number of hydrogen-bond donors (Lipinski definition) is 1. The van der Waals surface area contributed by atoms with Crippen molar-refractivity contribution in [3.63, 3.8) is 0 Å². The Morgan fingerprint density at radius 3 is 2.75 bits per heavy atom. The molecule has 0 aliphatic carbocycles. The molecule has 4 heteroatoms. The largest absolute Gasteiger partial charge is 0.385 e. The van der Waals surface area contributed by atoms with Crippen LogP contribution in [0.15, 0.2) is 18.2 Å². The van der Waals surface area contributed by atoms with Crippen LogP contribution in [0.25, 0.3) is 0 Å². The first kappa shape index (κ1) is 16.5. The first-order valence-corrected chi connectivity index (χ1v) is 7.05. The molecule has 20 heavy (non-hydrogen) atoms. The van der Waals surface area contributed by atoms with E-state index >= 15 is 0 Å². The average Bonchev–Trinajstić information content (AvgIpc) is 2.44. The molecule has 0 aliphatic heterocycles. The minimum absolute atomic E-state index is 0.442. The van der Waals surface area contributed by atoms with E-state index in [4.69, 9.17) is 4.74 Å². The Morgan fingerprint density at radius 1 is 1.40 bits per heavy atom. The van der Waals surface area contributed by atoms with E-state index in [1.807, 2.05) is 19.2 Å². The summed E-state index contributed by atoms with van der Waals surface area (Å²) in [4.78, 5) is 2.11. The van der Waals surface area contributed by atoms with Crippen LogP contribution in [0.2, 0.25) is 0 Å². The summed E-state index contributed by atoms with van der Waals surface area (Å²) in [6, 6.07) is 8.82. The standard InChI is InChI=1S/C16H25N3O/c1-13(2)18-12-14-6-7-16(15(10-14)11-17)19(3)8-5-9-20-4/h6-7,10,13,18H,5,8-9,12H2,1-4H3. The van der Waals surface area contributed by atoms with E-state index in [-0.39, 0.29) is 0 Å². The molecule has 0 saturated heterocycles. The summed E-state index contributed by atoms with van der Waals surface area (Å²) in [5, 5.41) is 12.7. The zero-order valence-electron chi connectivity index (χ0n) is 12.9. The maximum atomic E-state index is 9.32. The van der Waals surface area contributed by atoms with Crippen LogP contribution in [0, 0.1) is 11.3 Å². The number of rotatable bonds is 8. The van der Waals surface area contributed by atoms with Crippen molar-refractivity contribution in [3.05, 3.63) is 29.3 Å². The maximum Gasteiger partial charge on any atom is 0.101 e. The van der Waals surface area contributed by atoms with Gasteiger partial charge in [-0.3, -0.25) is 0 Å². The molecule has 0 bridgehead atoms. The summed E-state index contributed by atoms with van der Waals surface area (Å²) < 4.78 is 5.06. The van der Waals surface area contributed by atoms with Crippen molar-refractivity contribution in [1.29, 1.82) is 5.26 Å². The van der Waals surface area contributed by atoms with Gasteiger partial charge in [0.25, 0.3) is 0 Å². The van der Waals surface area contributed by atoms with Gasteiger partial charge in [0.1, 0.15) is 6.07 Å². The monoisotopic (exact) mass is 275 g/mol. The Kier molecular flexibility index (Phi) is 7.06. The van der Waals surface area contributed by atoms with Gasteiger partial charge in [-0.25, -0.2) is 0 Å². The summed E-state index contributed by atoms with van der Waals surface area (Å²) >= 11 is 0. The van der Waals surface area contributed by atoms with Gasteiger partial charge in [-0.2, -0.15) is 5.26 Å². The molecule has 0 heterocycles. The first-order valence-electron chi connectivity index (χ1n) is 7.05. The second-order valence-electron chi connectivity index (χ2n) is 5.27. The molecule has 1 N–H and O–H groups in total. The molecule has 0 aliphatic rings. The first-order chi connectivity index (χ1) is 9.58. The number of nitrogens with zero attached hydrogens (tertiary/aromatic N) is 2. The third kappa shape index (κ3) is 5.20. The number of nitrogens with one attached hydrogen (secondary N) is 1. The molecular weight excluding hydrogens is 250 g/mol. The Bertz CT molecular complexity index is 452. The van der Waals surface area contributed by atoms with Crippen molar-refractivity contribution in [2.24, 2.45) is 0 Å². The van der Waals surface area contributed by atoms with E-state index in [2.05, 4.69) is 36.2 Å². The lowest BCUT2D eigenvalue weighted by atomic mass is 10.1. The Labute approximate surface area is 122 Å². The quantitative estimate of drug-likeness (QED) is 0.741. The summed E-state index contributed by atoms with van der Waals surface area (Å²) in [7, 11) is 3.72. The third-order valence-corrected chi connectivity index (χ3v) is 3.15. The van der Waals surface area contributed by atoms with Crippen LogP contribution >= 0.6 is 0 Å². The molecule has 0 saturated carbocycles. The maximum absolute atomic E-state index is 9.32. The van der Waals surface area contributed by atoms with Crippen LogP contribution in [0.3, 0.4) is 0 Å². The molecule has 1 aromatic carbocycles. The van der Waals surface area contributed by atoms with Crippen LogP contribution in [0.4, 0.5) is 5.69 Å². The van der Waals surface area contributed by atoms with Crippen LogP contribution in [0.5, 0.6) is 0 Å². The van der Waals surface area contributed by atoms with Gasteiger partial charge in [-0.05, 0) is 24.1 Å². The van der Waals surface area contributed by atoms with E-state index in [9.17, 15) is 5.26 Å². The molecule has 1 rings (SSSR count). The average molecular weight is 275 g/mol. The minimum atomic E-state index is 0.442. The molecule has 110 valence electrons. The number of benzene rings is 1. The van der Waals surface area contributed by atoms with E-state index in [0.29, 0.717) is 6.04 Å². The van der Waals surface area contributed by atoms with Crippen LogP contribution < -0.4 is 10.2 Å². The van der Waals surface area contributed by atoms with E-state index in [1.165, 1.54) is 0 Å². The molecule has 0 radical (unpaired) electrons. The van der Waals surface area contributed by atoms with Gasteiger partial charge in [0.2, 0.25) is 0 Å². The lowest BCUT2D eigenvalue weighted by molar-refractivity contribution is 0.196. The zero-order valence-corrected chi connectivity index (χ0v) is 12.9. The fourth-order valence-electron chi connectivity index (χ4n) is 2.00. The predicted octanol–water partition coefficient (Wildman–Crippen LogP) is 2.53. The van der Waals surface area contributed by atoms with E-state index in [1.54, 1.807) is 7.11 Å². The Balaban J connectivity index is 2.75. The summed E-state index contributed by atoms with van der Waals surface area (Å²) in [5.41, 5.74) is 2.86. The highest BCUT2D eigenvalue weighted by molar-refractivity contribution is 5.60. The molecule has 0 spiro atoms. The van der Waals surface area contributed by atoms with Gasteiger partial charge in [0.05, 0.1) is 11.3 Å². The second kappa shape index (κ2) is 8.57. The SMILES string of the molecule is COCCCN(C)c1ccc(CNC(C)C)cc1C#N. The van der Waals surface area contributed by atoms with Crippen molar-refractivity contribution in [2.75, 3.05) is 32.2 Å². The molecule has 0 unspecified atom stereocenters. The van der Waals surface area contributed by atoms with Crippen LogP contribution in [-0.4, -0.2) is 33.4 Å². The lowest BCUT2D eigenvalue weighted by Gasteiger charge is -2.21. The van der Waals surface area contributed by atoms with Gasteiger partial charge in [0, 0.05) is 39.9 Å². The number of anilines is 1. The smallest absolute Gasteiger partial charge is 0.101 e. The van der Waals surface area contributed by atoms with Crippen LogP contribution in [0.1, 0.15) is 31.4 Å². The van der Waals surface area contributed by atoms with E-state index < -0.39 is 0 Å². The highest BCUT2D eigenvalue weighted by atomic mass is 16.5. The van der Waals surface area contributed by atoms with Crippen molar-refractivity contribution in [2.45, 2.75) is 32.9 Å². The fraction of sp³-hybridized carbons (Fsp3) is 0.562. The summed E-state index contributed by atoms with van der Waals surface area (Å²) in [6.07, 6.45) is 0.953. The van der Waals surface area contributed by atoms with Crippen LogP contribution in [-0.2, 0) is 11.3 Å². The minimum Gasteiger partial charge on any atom is -0.385 e. The third-order valence-electron chi connectivity index (χ3n) is 3.15. The fourth-order valence-corrected chi connectivity index (χ4v) is 2.00. The summed E-state index contributed by atoms with van der Waals surface area (Å²) in [5.74, 6) is 0. The molecule has 0 fully saturated rings. The summed E-state index contributed by atoms with van der Waals surface area (Å²) in [6.45, 7) is 6.64. The van der Waals surface area contributed by atoms with Crippen molar-refractivity contribution < 1.29 is 4.74 Å². The van der Waals surface area contributed by atoms with Crippen molar-refractivity contribution >= 4 is 5.69 Å². The number of methoxy groups -OCH3 is 1. The highest BCUT2D eigenvalue weighted by Gasteiger charge is 2.08. The second-order valence-corrected chi connectivity index (χ2v) is 5.27. The van der Waals surface area contributed by atoms with Crippen molar-refractivity contribution in [3.8, 4) is 6.07 Å². The number of ether oxygens (including phenoxy) is 1. The lowest BCUT2D eigenvalue weighted by Crippen LogP contribution is -2.23. The molecule has 4 nitrogen and oxygen atoms in total. The Hall–Kier alpha value is -1.57.